The Labute approximate surface area is 114 Å². The maximum absolute atomic E-state index is 10.7. The maximum atomic E-state index is 10.7. The first-order valence-electron chi connectivity index (χ1n) is 5.80. The second-order valence-corrected chi connectivity index (χ2v) is 4.22. The monoisotopic (exact) mass is 274 g/mol. The van der Waals surface area contributed by atoms with Gasteiger partial charge in [0.1, 0.15) is 6.04 Å². The number of hydrogen-bond acceptors (Lipinski definition) is 7. The lowest BCUT2D eigenvalue weighted by Crippen LogP contribution is -2.32. The van der Waals surface area contributed by atoms with E-state index in [1.54, 1.807) is 24.3 Å². The molecule has 1 aromatic heterocycles. The van der Waals surface area contributed by atoms with Crippen LogP contribution in [0, 0.1) is 0 Å². The zero-order chi connectivity index (χ0) is 14.7. The van der Waals surface area contributed by atoms with Crippen LogP contribution in [0.1, 0.15) is 5.56 Å². The van der Waals surface area contributed by atoms with Crippen LogP contribution in [0.25, 0.3) is 11.4 Å². The van der Waals surface area contributed by atoms with Gasteiger partial charge < -0.3 is 22.3 Å². The zero-order valence-electron chi connectivity index (χ0n) is 10.5. The topological polar surface area (TPSA) is 154 Å². The fourth-order valence-corrected chi connectivity index (χ4v) is 1.67. The van der Waals surface area contributed by atoms with Crippen molar-refractivity contribution in [2.24, 2.45) is 5.73 Å². The quantitative estimate of drug-likeness (QED) is 0.590. The Morgan fingerprint density at radius 2 is 1.65 bits per heavy atom. The van der Waals surface area contributed by atoms with Gasteiger partial charge in [-0.05, 0) is 12.0 Å². The van der Waals surface area contributed by atoms with Gasteiger partial charge in [-0.2, -0.15) is 15.0 Å². The molecule has 0 spiro atoms. The summed E-state index contributed by atoms with van der Waals surface area (Å²) in [7, 11) is 0. The van der Waals surface area contributed by atoms with Crippen LogP contribution in [-0.2, 0) is 11.2 Å². The second kappa shape index (κ2) is 5.49. The molecule has 0 radical (unpaired) electrons. The highest BCUT2D eigenvalue weighted by Crippen LogP contribution is 2.17. The van der Waals surface area contributed by atoms with Gasteiger partial charge in [0.2, 0.25) is 11.9 Å². The van der Waals surface area contributed by atoms with Crippen LogP contribution < -0.4 is 17.2 Å². The van der Waals surface area contributed by atoms with E-state index in [0.29, 0.717) is 11.4 Å². The fraction of sp³-hybridized carbons (Fsp3) is 0.167. The summed E-state index contributed by atoms with van der Waals surface area (Å²) < 4.78 is 0. The van der Waals surface area contributed by atoms with Crippen molar-refractivity contribution in [3.8, 4) is 11.4 Å². The Morgan fingerprint density at radius 1 is 1.10 bits per heavy atom. The predicted molar refractivity (Wildman–Crippen MR) is 73.4 cm³/mol. The maximum Gasteiger partial charge on any atom is 0.320 e. The van der Waals surface area contributed by atoms with Crippen molar-refractivity contribution >= 4 is 17.9 Å². The van der Waals surface area contributed by atoms with Crippen LogP contribution in [0.4, 0.5) is 11.9 Å². The molecule has 0 fully saturated rings. The molecule has 0 saturated heterocycles. The number of benzene rings is 1. The number of aliphatic carboxylic acids is 1. The van der Waals surface area contributed by atoms with Gasteiger partial charge in [-0.1, -0.05) is 24.3 Å². The highest BCUT2D eigenvalue weighted by molar-refractivity contribution is 5.73. The lowest BCUT2D eigenvalue weighted by Gasteiger charge is -2.07. The summed E-state index contributed by atoms with van der Waals surface area (Å²) in [4.78, 5) is 22.3. The van der Waals surface area contributed by atoms with E-state index < -0.39 is 12.0 Å². The Bertz CT molecular complexity index is 608. The van der Waals surface area contributed by atoms with Crippen LogP contribution in [0.5, 0.6) is 0 Å². The van der Waals surface area contributed by atoms with Crippen molar-refractivity contribution in [2.45, 2.75) is 12.5 Å². The minimum absolute atomic E-state index is 0.0458. The molecule has 2 aromatic rings. The molecule has 0 saturated carbocycles. The van der Waals surface area contributed by atoms with Crippen LogP contribution in [0.3, 0.4) is 0 Å². The Kier molecular flexibility index (Phi) is 3.76. The van der Waals surface area contributed by atoms with Gasteiger partial charge in [-0.25, -0.2) is 0 Å². The third-order valence-corrected chi connectivity index (χ3v) is 2.65. The van der Waals surface area contributed by atoms with Gasteiger partial charge in [0.15, 0.2) is 5.82 Å². The first-order chi connectivity index (χ1) is 9.45. The number of anilines is 2. The average molecular weight is 274 g/mol. The molecule has 8 nitrogen and oxygen atoms in total. The van der Waals surface area contributed by atoms with E-state index in [9.17, 15) is 4.79 Å². The number of aromatic nitrogens is 3. The van der Waals surface area contributed by atoms with E-state index >= 15 is 0 Å². The lowest BCUT2D eigenvalue weighted by molar-refractivity contribution is -0.138. The van der Waals surface area contributed by atoms with Crippen LogP contribution >= 0.6 is 0 Å². The Balaban J connectivity index is 2.21. The molecule has 0 aliphatic heterocycles. The predicted octanol–water partition coefficient (Wildman–Crippen LogP) is -0.343. The van der Waals surface area contributed by atoms with E-state index in [-0.39, 0.29) is 18.3 Å². The SMILES string of the molecule is Nc1nc(N)nc(-c2ccc(CC(N)C(=O)O)cc2)n1. The molecule has 7 N–H and O–H groups in total. The number of carboxylic acid groups (broad SMARTS) is 1. The summed E-state index contributed by atoms with van der Waals surface area (Å²) in [5.74, 6) is -0.579. The average Bonchev–Trinajstić information content (AvgIpc) is 2.38. The molecule has 0 aliphatic carbocycles. The van der Waals surface area contributed by atoms with Gasteiger partial charge >= 0.3 is 5.97 Å². The van der Waals surface area contributed by atoms with Gasteiger partial charge in [0.25, 0.3) is 0 Å². The third-order valence-electron chi connectivity index (χ3n) is 2.65. The summed E-state index contributed by atoms with van der Waals surface area (Å²) >= 11 is 0. The standard InChI is InChI=1S/C12H14N6O2/c13-8(10(19)20)5-6-1-3-7(4-2-6)9-16-11(14)18-12(15)17-9/h1-4,8H,5,13H2,(H,19,20)(H4,14,15,16,17,18). The molecule has 1 aromatic carbocycles. The highest BCUT2D eigenvalue weighted by Gasteiger charge is 2.12. The molecule has 0 aliphatic rings. The van der Waals surface area contributed by atoms with E-state index in [1.165, 1.54) is 0 Å². The van der Waals surface area contributed by atoms with E-state index in [2.05, 4.69) is 15.0 Å². The zero-order valence-corrected chi connectivity index (χ0v) is 10.5. The molecule has 0 amide bonds. The summed E-state index contributed by atoms with van der Waals surface area (Å²) in [6.45, 7) is 0. The summed E-state index contributed by atoms with van der Waals surface area (Å²) in [5.41, 5.74) is 18.0. The molecule has 8 heteroatoms. The first-order valence-corrected chi connectivity index (χ1v) is 5.80. The number of carbonyl (C=O) groups is 1. The number of rotatable bonds is 4. The van der Waals surface area contributed by atoms with Crippen molar-refractivity contribution < 1.29 is 9.90 Å². The van der Waals surface area contributed by atoms with Crippen molar-refractivity contribution in [3.05, 3.63) is 29.8 Å². The highest BCUT2D eigenvalue weighted by atomic mass is 16.4. The van der Waals surface area contributed by atoms with Gasteiger partial charge in [0, 0.05) is 5.56 Å². The Hall–Kier alpha value is -2.74. The summed E-state index contributed by atoms with van der Waals surface area (Å²) in [5, 5.41) is 8.76. The first kappa shape index (κ1) is 13.7. The molecule has 20 heavy (non-hydrogen) atoms. The minimum atomic E-state index is -1.04. The molecule has 2 rings (SSSR count). The molecule has 104 valence electrons. The Morgan fingerprint density at radius 3 is 2.15 bits per heavy atom. The lowest BCUT2D eigenvalue weighted by atomic mass is 10.0. The summed E-state index contributed by atoms with van der Waals surface area (Å²) in [6, 6.07) is 6.09. The number of nitrogens with zero attached hydrogens (tertiary/aromatic N) is 3. The molecule has 1 atom stereocenters. The molecule has 1 unspecified atom stereocenters. The van der Waals surface area contributed by atoms with Gasteiger partial charge in [-0.3, -0.25) is 4.79 Å². The van der Waals surface area contributed by atoms with Crippen LogP contribution in [0.15, 0.2) is 24.3 Å². The van der Waals surface area contributed by atoms with Gasteiger partial charge in [0.05, 0.1) is 0 Å². The largest absolute Gasteiger partial charge is 0.480 e. The molecular weight excluding hydrogens is 260 g/mol. The number of hydrogen-bond donors (Lipinski definition) is 4. The van der Waals surface area contributed by atoms with E-state index in [1.807, 2.05) is 0 Å². The molecular formula is C12H14N6O2. The minimum Gasteiger partial charge on any atom is -0.480 e. The van der Waals surface area contributed by atoms with Gasteiger partial charge in [-0.15, -0.1) is 0 Å². The molecule has 0 bridgehead atoms. The molecule has 1 heterocycles. The third kappa shape index (κ3) is 3.18. The van der Waals surface area contributed by atoms with E-state index in [4.69, 9.17) is 22.3 Å². The number of nitrogens with two attached hydrogens (primary N) is 3. The van der Waals surface area contributed by atoms with E-state index in [0.717, 1.165) is 5.56 Å². The smallest absolute Gasteiger partial charge is 0.320 e. The number of carboxylic acids is 1. The van der Waals surface area contributed by atoms with Crippen molar-refractivity contribution in [1.29, 1.82) is 0 Å². The van der Waals surface area contributed by atoms with Crippen LogP contribution in [0.2, 0.25) is 0 Å². The second-order valence-electron chi connectivity index (χ2n) is 4.22. The normalized spacial score (nSPS) is 12.1. The van der Waals surface area contributed by atoms with Crippen molar-refractivity contribution in [1.82, 2.24) is 15.0 Å². The summed E-state index contributed by atoms with van der Waals surface area (Å²) in [6.07, 6.45) is 0.247. The fourth-order valence-electron chi connectivity index (χ4n) is 1.67. The van der Waals surface area contributed by atoms with Crippen LogP contribution in [-0.4, -0.2) is 32.1 Å². The van der Waals surface area contributed by atoms with Crippen molar-refractivity contribution in [2.75, 3.05) is 11.5 Å². The van der Waals surface area contributed by atoms with Crippen molar-refractivity contribution in [3.63, 3.8) is 0 Å². The number of nitrogen functional groups attached to an aromatic ring is 2.